The number of halogens is 1. The van der Waals surface area contributed by atoms with Crippen LogP contribution in [0.2, 0.25) is 0 Å². The molecule has 6 heteroatoms. The topological polar surface area (TPSA) is 73.6 Å². The number of amides is 1. The van der Waals surface area contributed by atoms with Crippen LogP contribution < -0.4 is 20.5 Å². The summed E-state index contributed by atoms with van der Waals surface area (Å²) in [5.41, 5.74) is 7.44. The third-order valence-electron chi connectivity index (χ3n) is 3.56. The number of methoxy groups -OCH3 is 1. The van der Waals surface area contributed by atoms with Gasteiger partial charge in [0, 0.05) is 12.6 Å². The van der Waals surface area contributed by atoms with E-state index in [1.54, 1.807) is 7.11 Å². The summed E-state index contributed by atoms with van der Waals surface area (Å²) in [6.45, 7) is 2.65. The van der Waals surface area contributed by atoms with Gasteiger partial charge in [0.1, 0.15) is 0 Å². The highest BCUT2D eigenvalue weighted by molar-refractivity contribution is 14.1. The van der Waals surface area contributed by atoms with Crippen LogP contribution in [0.25, 0.3) is 0 Å². The van der Waals surface area contributed by atoms with Crippen LogP contribution in [-0.4, -0.2) is 19.6 Å². The molecule has 3 N–H and O–H groups in total. The first-order chi connectivity index (χ1) is 11.5. The minimum absolute atomic E-state index is 0.172. The van der Waals surface area contributed by atoms with E-state index < -0.39 is 5.91 Å². The third kappa shape index (κ3) is 5.10. The van der Waals surface area contributed by atoms with E-state index in [9.17, 15) is 4.79 Å². The molecule has 0 heterocycles. The van der Waals surface area contributed by atoms with Crippen molar-refractivity contribution in [2.75, 3.05) is 13.7 Å². The van der Waals surface area contributed by atoms with E-state index in [0.29, 0.717) is 18.0 Å². The Labute approximate surface area is 155 Å². The summed E-state index contributed by atoms with van der Waals surface area (Å²) in [5, 5.41) is 3.49. The van der Waals surface area contributed by atoms with Crippen molar-refractivity contribution < 1.29 is 14.3 Å². The highest BCUT2D eigenvalue weighted by Gasteiger charge is 2.13. The zero-order valence-corrected chi connectivity index (χ0v) is 15.9. The first kappa shape index (κ1) is 18.5. The largest absolute Gasteiger partial charge is 0.493 e. The average Bonchev–Trinajstić information content (AvgIpc) is 2.58. The maximum atomic E-state index is 10.9. The predicted octanol–water partition coefficient (Wildman–Crippen LogP) is 3.01. The molecule has 0 aromatic heterocycles. The van der Waals surface area contributed by atoms with E-state index in [-0.39, 0.29) is 12.6 Å². The zero-order valence-electron chi connectivity index (χ0n) is 13.7. The highest BCUT2D eigenvalue weighted by atomic mass is 127. The van der Waals surface area contributed by atoms with Crippen LogP contribution in [0.1, 0.15) is 24.1 Å². The van der Waals surface area contributed by atoms with Gasteiger partial charge in [-0.05, 0) is 52.8 Å². The van der Waals surface area contributed by atoms with Crippen molar-refractivity contribution in [2.45, 2.75) is 19.5 Å². The van der Waals surface area contributed by atoms with E-state index in [0.717, 1.165) is 9.13 Å². The summed E-state index contributed by atoms with van der Waals surface area (Å²) in [5.74, 6) is 0.611. The molecule has 0 saturated heterocycles. The number of rotatable bonds is 8. The monoisotopic (exact) mass is 440 g/mol. The molecule has 0 bridgehead atoms. The second-order valence-electron chi connectivity index (χ2n) is 5.38. The second-order valence-corrected chi connectivity index (χ2v) is 6.54. The van der Waals surface area contributed by atoms with Gasteiger partial charge in [0.15, 0.2) is 18.1 Å². The van der Waals surface area contributed by atoms with E-state index in [4.69, 9.17) is 15.2 Å². The van der Waals surface area contributed by atoms with Gasteiger partial charge >= 0.3 is 0 Å². The molecule has 0 fully saturated rings. The Hall–Kier alpha value is -1.80. The van der Waals surface area contributed by atoms with Gasteiger partial charge < -0.3 is 20.5 Å². The molecule has 0 radical (unpaired) electrons. The van der Waals surface area contributed by atoms with E-state index >= 15 is 0 Å². The molecular formula is C18H21IN2O3. The summed E-state index contributed by atoms with van der Waals surface area (Å²) >= 11 is 2.17. The van der Waals surface area contributed by atoms with Crippen molar-refractivity contribution in [3.8, 4) is 11.5 Å². The normalized spacial score (nSPS) is 11.8. The first-order valence-corrected chi connectivity index (χ1v) is 8.65. The van der Waals surface area contributed by atoms with E-state index in [1.807, 2.05) is 30.3 Å². The Kier molecular flexibility index (Phi) is 6.86. The van der Waals surface area contributed by atoms with Crippen LogP contribution >= 0.6 is 22.6 Å². The summed E-state index contributed by atoms with van der Waals surface area (Å²) < 4.78 is 11.7. The molecule has 2 aromatic carbocycles. The number of carbonyl (C=O) groups excluding carboxylic acids is 1. The highest BCUT2D eigenvalue weighted by Crippen LogP contribution is 2.34. The van der Waals surface area contributed by atoms with E-state index in [2.05, 4.69) is 47.0 Å². The van der Waals surface area contributed by atoms with Gasteiger partial charge in [-0.25, -0.2) is 0 Å². The molecule has 0 saturated carbocycles. The van der Waals surface area contributed by atoms with Crippen LogP contribution in [0.3, 0.4) is 0 Å². The number of ether oxygens (including phenoxy) is 2. The van der Waals surface area contributed by atoms with Gasteiger partial charge in [0.05, 0.1) is 10.7 Å². The Balaban J connectivity index is 2.08. The maximum absolute atomic E-state index is 10.9. The summed E-state index contributed by atoms with van der Waals surface area (Å²) in [6.07, 6.45) is 0. The van der Waals surface area contributed by atoms with Crippen molar-refractivity contribution in [3.05, 3.63) is 57.2 Å². The molecule has 0 spiro atoms. The molecule has 5 nitrogen and oxygen atoms in total. The Morgan fingerprint density at radius 2 is 2.00 bits per heavy atom. The second kappa shape index (κ2) is 8.89. The van der Waals surface area contributed by atoms with Gasteiger partial charge in [0.25, 0.3) is 5.91 Å². The number of primary amides is 1. The minimum Gasteiger partial charge on any atom is -0.493 e. The van der Waals surface area contributed by atoms with Crippen LogP contribution in [0, 0.1) is 3.57 Å². The average molecular weight is 440 g/mol. The van der Waals surface area contributed by atoms with Crippen molar-refractivity contribution >= 4 is 28.5 Å². The fraction of sp³-hybridized carbons (Fsp3) is 0.278. The quantitative estimate of drug-likeness (QED) is 0.620. The van der Waals surface area contributed by atoms with E-state index in [1.165, 1.54) is 5.56 Å². The Bertz CT molecular complexity index is 692. The SMILES string of the molecule is COc1cc(CN[C@@H](C)c2ccccc2)cc(I)c1OCC(N)=O. The maximum Gasteiger partial charge on any atom is 0.255 e. The van der Waals surface area contributed by atoms with Crippen molar-refractivity contribution in [1.82, 2.24) is 5.32 Å². The lowest BCUT2D eigenvalue weighted by Gasteiger charge is -2.17. The Morgan fingerprint density at radius 1 is 1.29 bits per heavy atom. The molecule has 0 aliphatic rings. The minimum atomic E-state index is -0.518. The van der Waals surface area contributed by atoms with Crippen LogP contribution in [-0.2, 0) is 11.3 Å². The fourth-order valence-corrected chi connectivity index (χ4v) is 3.11. The van der Waals surface area contributed by atoms with Gasteiger partial charge in [-0.1, -0.05) is 30.3 Å². The van der Waals surface area contributed by atoms with Crippen LogP contribution in [0.15, 0.2) is 42.5 Å². The molecule has 1 amide bonds. The summed E-state index contributed by atoms with van der Waals surface area (Å²) in [6, 6.07) is 14.4. The van der Waals surface area contributed by atoms with Gasteiger partial charge in [-0.2, -0.15) is 0 Å². The van der Waals surface area contributed by atoms with Gasteiger partial charge in [-0.3, -0.25) is 4.79 Å². The predicted molar refractivity (Wildman–Crippen MR) is 102 cm³/mol. The lowest BCUT2D eigenvalue weighted by molar-refractivity contribution is -0.119. The molecule has 128 valence electrons. The summed E-state index contributed by atoms with van der Waals surface area (Å²) in [4.78, 5) is 10.9. The number of hydrogen-bond acceptors (Lipinski definition) is 4. The Morgan fingerprint density at radius 3 is 2.62 bits per heavy atom. The zero-order chi connectivity index (χ0) is 17.5. The van der Waals surface area contributed by atoms with Gasteiger partial charge in [-0.15, -0.1) is 0 Å². The molecular weight excluding hydrogens is 419 g/mol. The lowest BCUT2D eigenvalue weighted by atomic mass is 10.1. The smallest absolute Gasteiger partial charge is 0.255 e. The van der Waals surface area contributed by atoms with Crippen LogP contribution in [0.4, 0.5) is 0 Å². The molecule has 0 aliphatic heterocycles. The number of nitrogens with two attached hydrogens (primary N) is 1. The molecule has 0 aliphatic carbocycles. The van der Waals surface area contributed by atoms with Gasteiger partial charge in [0.2, 0.25) is 0 Å². The molecule has 2 aromatic rings. The fourth-order valence-electron chi connectivity index (χ4n) is 2.29. The molecule has 2 rings (SSSR count). The number of benzene rings is 2. The third-order valence-corrected chi connectivity index (χ3v) is 4.36. The first-order valence-electron chi connectivity index (χ1n) is 7.57. The lowest BCUT2D eigenvalue weighted by Crippen LogP contribution is -2.21. The number of nitrogens with one attached hydrogen (secondary N) is 1. The van der Waals surface area contributed by atoms with Crippen LogP contribution in [0.5, 0.6) is 11.5 Å². The standard InChI is InChI=1S/C18H21IN2O3/c1-12(14-6-4-3-5-7-14)21-10-13-8-15(19)18(16(9-13)23-2)24-11-17(20)22/h3-9,12,21H,10-11H2,1-2H3,(H2,20,22)/t12-/m0/s1. The van der Waals surface area contributed by atoms with Crippen molar-refractivity contribution in [3.63, 3.8) is 0 Å². The molecule has 24 heavy (non-hydrogen) atoms. The summed E-state index contributed by atoms with van der Waals surface area (Å²) in [7, 11) is 1.58. The number of hydrogen-bond donors (Lipinski definition) is 2. The number of carbonyl (C=O) groups is 1. The molecule has 1 atom stereocenters. The van der Waals surface area contributed by atoms with Crippen molar-refractivity contribution in [1.29, 1.82) is 0 Å². The molecule has 0 unspecified atom stereocenters. The van der Waals surface area contributed by atoms with Crippen molar-refractivity contribution in [2.24, 2.45) is 5.73 Å².